The molecule has 0 aliphatic carbocycles. The summed E-state index contributed by atoms with van der Waals surface area (Å²) in [6, 6.07) is 6.12. The van der Waals surface area contributed by atoms with E-state index in [2.05, 4.69) is 22.7 Å². The Balaban J connectivity index is 2.47. The van der Waals surface area contributed by atoms with Gasteiger partial charge in [0.15, 0.2) is 5.11 Å². The SMILES string of the molecule is NC(=S)NN=CC=Cc1ccc(F)cc1. The average Bonchev–Trinajstić information content (AvgIpc) is 2.20. The highest BCUT2D eigenvalue weighted by Gasteiger charge is 1.87. The van der Waals surface area contributed by atoms with E-state index in [9.17, 15) is 4.39 Å². The summed E-state index contributed by atoms with van der Waals surface area (Å²) >= 11 is 4.54. The number of hydrazone groups is 1. The van der Waals surface area contributed by atoms with Crippen molar-refractivity contribution in [2.75, 3.05) is 0 Å². The second-order valence-corrected chi connectivity index (χ2v) is 3.10. The first-order valence-electron chi connectivity index (χ1n) is 4.19. The van der Waals surface area contributed by atoms with Gasteiger partial charge in [-0.25, -0.2) is 4.39 Å². The van der Waals surface area contributed by atoms with Gasteiger partial charge in [0.05, 0.1) is 0 Å². The van der Waals surface area contributed by atoms with Crippen LogP contribution in [-0.2, 0) is 0 Å². The molecule has 15 heavy (non-hydrogen) atoms. The van der Waals surface area contributed by atoms with Crippen molar-refractivity contribution in [1.29, 1.82) is 0 Å². The van der Waals surface area contributed by atoms with Crippen molar-refractivity contribution in [3.8, 4) is 0 Å². The van der Waals surface area contributed by atoms with Crippen LogP contribution in [0.3, 0.4) is 0 Å². The van der Waals surface area contributed by atoms with Gasteiger partial charge in [-0.2, -0.15) is 5.10 Å². The number of allylic oxidation sites excluding steroid dienone is 1. The molecule has 0 radical (unpaired) electrons. The van der Waals surface area contributed by atoms with Crippen LogP contribution in [0.5, 0.6) is 0 Å². The number of nitrogens with two attached hydrogens (primary N) is 1. The van der Waals surface area contributed by atoms with E-state index in [-0.39, 0.29) is 10.9 Å². The van der Waals surface area contributed by atoms with Crippen molar-refractivity contribution >= 4 is 29.6 Å². The normalized spacial score (nSPS) is 11.0. The molecule has 0 aliphatic heterocycles. The number of nitrogens with zero attached hydrogens (tertiary/aromatic N) is 1. The third-order valence-electron chi connectivity index (χ3n) is 1.49. The molecule has 0 spiro atoms. The number of thiocarbonyl (C=S) groups is 1. The van der Waals surface area contributed by atoms with Crippen LogP contribution >= 0.6 is 12.2 Å². The Morgan fingerprint density at radius 3 is 2.67 bits per heavy atom. The fourth-order valence-electron chi connectivity index (χ4n) is 0.872. The van der Waals surface area contributed by atoms with Gasteiger partial charge in [-0.15, -0.1) is 0 Å². The maximum Gasteiger partial charge on any atom is 0.184 e. The molecule has 0 aromatic heterocycles. The number of hydrogen-bond donors (Lipinski definition) is 2. The predicted molar refractivity (Wildman–Crippen MR) is 63.8 cm³/mol. The molecule has 3 nitrogen and oxygen atoms in total. The minimum atomic E-state index is -0.254. The number of halogens is 1. The Bertz CT molecular complexity index is 384. The molecule has 5 heteroatoms. The Labute approximate surface area is 92.5 Å². The molecule has 0 saturated heterocycles. The number of hydrogen-bond acceptors (Lipinski definition) is 2. The first kappa shape index (κ1) is 11.3. The van der Waals surface area contributed by atoms with Crippen molar-refractivity contribution in [3.63, 3.8) is 0 Å². The van der Waals surface area contributed by atoms with Crippen LogP contribution in [0.2, 0.25) is 0 Å². The average molecular weight is 223 g/mol. The van der Waals surface area contributed by atoms with Gasteiger partial charge in [-0.3, -0.25) is 5.43 Å². The van der Waals surface area contributed by atoms with Crippen molar-refractivity contribution in [1.82, 2.24) is 5.43 Å². The van der Waals surface area contributed by atoms with Crippen LogP contribution < -0.4 is 11.2 Å². The lowest BCUT2D eigenvalue weighted by molar-refractivity contribution is 0.628. The second kappa shape index (κ2) is 5.87. The summed E-state index contributed by atoms with van der Waals surface area (Å²) in [6.07, 6.45) is 4.98. The molecule has 1 aromatic rings. The van der Waals surface area contributed by atoms with Gasteiger partial charge in [-0.05, 0) is 36.0 Å². The van der Waals surface area contributed by atoms with Crippen molar-refractivity contribution < 1.29 is 4.39 Å². The van der Waals surface area contributed by atoms with Crippen molar-refractivity contribution in [2.24, 2.45) is 10.8 Å². The predicted octanol–water partition coefficient (Wildman–Crippen LogP) is 1.66. The molecule has 3 N–H and O–H groups in total. The minimum absolute atomic E-state index is 0.112. The van der Waals surface area contributed by atoms with Crippen molar-refractivity contribution in [3.05, 3.63) is 41.7 Å². The molecule has 0 atom stereocenters. The van der Waals surface area contributed by atoms with E-state index in [1.165, 1.54) is 18.3 Å². The molecule has 0 heterocycles. The van der Waals surface area contributed by atoms with Gasteiger partial charge >= 0.3 is 0 Å². The highest BCUT2D eigenvalue weighted by atomic mass is 32.1. The Kier molecular flexibility index (Phi) is 4.43. The Morgan fingerprint density at radius 1 is 1.40 bits per heavy atom. The van der Waals surface area contributed by atoms with Gasteiger partial charge in [0.2, 0.25) is 0 Å². The standard InChI is InChI=1S/C10H10FN3S/c11-9-5-3-8(4-6-9)2-1-7-13-14-10(12)15/h1-7H,(H3,12,14,15). The molecule has 1 rings (SSSR count). The molecule has 0 fully saturated rings. The van der Waals surface area contributed by atoms with E-state index < -0.39 is 0 Å². The van der Waals surface area contributed by atoms with E-state index in [1.54, 1.807) is 24.3 Å². The Morgan fingerprint density at radius 2 is 2.07 bits per heavy atom. The summed E-state index contributed by atoms with van der Waals surface area (Å²) < 4.78 is 12.5. The molecule has 0 unspecified atom stereocenters. The third kappa shape index (κ3) is 4.87. The summed E-state index contributed by atoms with van der Waals surface area (Å²) in [7, 11) is 0. The third-order valence-corrected chi connectivity index (χ3v) is 1.59. The maximum atomic E-state index is 12.5. The number of rotatable bonds is 3. The summed E-state index contributed by atoms with van der Waals surface area (Å²) in [5.74, 6) is -0.254. The first-order valence-corrected chi connectivity index (χ1v) is 4.60. The fraction of sp³-hybridized carbons (Fsp3) is 0. The van der Waals surface area contributed by atoms with Gasteiger partial charge < -0.3 is 5.73 Å². The summed E-state index contributed by atoms with van der Waals surface area (Å²) in [5, 5.41) is 3.81. The molecular weight excluding hydrogens is 213 g/mol. The molecule has 1 aromatic carbocycles. The van der Waals surface area contributed by atoms with E-state index in [0.29, 0.717) is 0 Å². The van der Waals surface area contributed by atoms with Crippen molar-refractivity contribution in [2.45, 2.75) is 0 Å². The van der Waals surface area contributed by atoms with Crippen LogP contribution in [0.25, 0.3) is 6.08 Å². The van der Waals surface area contributed by atoms with Crippen LogP contribution in [0.1, 0.15) is 5.56 Å². The van der Waals surface area contributed by atoms with Crippen LogP contribution in [-0.4, -0.2) is 11.3 Å². The highest BCUT2D eigenvalue weighted by Crippen LogP contribution is 2.03. The number of nitrogens with one attached hydrogen (secondary N) is 1. The van der Waals surface area contributed by atoms with Crippen LogP contribution in [0.15, 0.2) is 35.4 Å². The second-order valence-electron chi connectivity index (χ2n) is 2.66. The highest BCUT2D eigenvalue weighted by molar-refractivity contribution is 7.80. The lowest BCUT2D eigenvalue weighted by Gasteiger charge is -1.92. The fourth-order valence-corrected chi connectivity index (χ4v) is 0.925. The molecule has 0 aliphatic rings. The molecule has 0 bridgehead atoms. The summed E-state index contributed by atoms with van der Waals surface area (Å²) in [5.41, 5.74) is 8.44. The van der Waals surface area contributed by atoms with Crippen LogP contribution in [0.4, 0.5) is 4.39 Å². The van der Waals surface area contributed by atoms with E-state index >= 15 is 0 Å². The topological polar surface area (TPSA) is 50.4 Å². The number of benzene rings is 1. The molecule has 0 saturated carbocycles. The van der Waals surface area contributed by atoms with Gasteiger partial charge in [-0.1, -0.05) is 18.2 Å². The first-order chi connectivity index (χ1) is 7.18. The Hall–Kier alpha value is -1.75. The van der Waals surface area contributed by atoms with Gasteiger partial charge in [0.1, 0.15) is 5.82 Å². The quantitative estimate of drug-likeness (QED) is 0.465. The molecular formula is C10H10FN3S. The lowest BCUT2D eigenvalue weighted by Crippen LogP contribution is -2.23. The van der Waals surface area contributed by atoms with E-state index in [1.807, 2.05) is 0 Å². The zero-order chi connectivity index (χ0) is 11.1. The summed E-state index contributed by atoms with van der Waals surface area (Å²) in [4.78, 5) is 0. The minimum Gasteiger partial charge on any atom is -0.375 e. The van der Waals surface area contributed by atoms with Crippen LogP contribution in [0, 0.1) is 5.82 Å². The smallest absolute Gasteiger partial charge is 0.184 e. The molecule has 78 valence electrons. The largest absolute Gasteiger partial charge is 0.375 e. The van der Waals surface area contributed by atoms with Gasteiger partial charge in [0.25, 0.3) is 0 Å². The zero-order valence-corrected chi connectivity index (χ0v) is 8.67. The summed E-state index contributed by atoms with van der Waals surface area (Å²) in [6.45, 7) is 0. The van der Waals surface area contributed by atoms with E-state index in [0.717, 1.165) is 5.56 Å². The van der Waals surface area contributed by atoms with E-state index in [4.69, 9.17) is 5.73 Å². The lowest BCUT2D eigenvalue weighted by atomic mass is 10.2. The maximum absolute atomic E-state index is 12.5. The molecule has 0 amide bonds. The van der Waals surface area contributed by atoms with Gasteiger partial charge in [0, 0.05) is 6.21 Å². The zero-order valence-electron chi connectivity index (χ0n) is 7.85. The monoisotopic (exact) mass is 223 g/mol.